The van der Waals surface area contributed by atoms with Crippen LogP contribution in [0.15, 0.2) is 66.7 Å². The van der Waals surface area contributed by atoms with Gasteiger partial charge in [0.05, 0.1) is 23.7 Å². The van der Waals surface area contributed by atoms with Crippen LogP contribution < -0.4 is 4.74 Å². The van der Waals surface area contributed by atoms with Gasteiger partial charge in [0.1, 0.15) is 11.6 Å². The first-order chi connectivity index (χ1) is 13.6. The molecule has 4 rings (SSSR count). The van der Waals surface area contributed by atoms with E-state index in [-0.39, 0.29) is 5.78 Å². The van der Waals surface area contributed by atoms with Crippen LogP contribution in [0.1, 0.15) is 21.5 Å². The molecule has 28 heavy (non-hydrogen) atoms. The topological polar surface area (TPSA) is 44.1 Å². The van der Waals surface area contributed by atoms with Crippen molar-refractivity contribution in [3.63, 3.8) is 0 Å². The summed E-state index contributed by atoms with van der Waals surface area (Å²) in [7, 11) is 3.60. The molecular weight excluding hydrogens is 348 g/mol. The van der Waals surface area contributed by atoms with Gasteiger partial charge in [-0.05, 0) is 42.3 Å². The van der Waals surface area contributed by atoms with Gasteiger partial charge < -0.3 is 9.30 Å². The zero-order valence-electron chi connectivity index (χ0n) is 16.3. The molecule has 0 aliphatic heterocycles. The number of methoxy groups -OCH3 is 1. The summed E-state index contributed by atoms with van der Waals surface area (Å²) in [6.45, 7) is 1.98. The number of nitrogens with zero attached hydrogens (tertiary/aromatic N) is 2. The summed E-state index contributed by atoms with van der Waals surface area (Å²) in [6.07, 6.45) is 0.290. The lowest BCUT2D eigenvalue weighted by Crippen LogP contribution is -2.08. The molecule has 3 aromatic carbocycles. The smallest absolute Gasteiger partial charge is 0.170 e. The van der Waals surface area contributed by atoms with Crippen LogP contribution in [0.5, 0.6) is 5.75 Å². The largest absolute Gasteiger partial charge is 0.496 e. The van der Waals surface area contributed by atoms with E-state index in [0.29, 0.717) is 17.7 Å². The fraction of sp³-hybridized carbons (Fsp3) is 0.167. The molecule has 0 radical (unpaired) electrons. The SMILES string of the molecule is COc1cc(C)ccc1C(=O)Cc1ccccc1-c1nc2ccccc2n1C. The molecule has 0 amide bonds. The number of benzene rings is 3. The van der Waals surface area contributed by atoms with Crippen molar-refractivity contribution in [3.05, 3.63) is 83.4 Å². The number of rotatable bonds is 5. The third-order valence-corrected chi connectivity index (χ3v) is 5.05. The standard InChI is InChI=1S/C24H22N2O2/c1-16-12-13-19(23(14-16)28-3)22(27)15-17-8-4-5-9-18(17)24-25-20-10-6-7-11-21(20)26(24)2/h4-14H,15H2,1-3H3. The minimum Gasteiger partial charge on any atom is -0.496 e. The van der Waals surface area contributed by atoms with Crippen LogP contribution >= 0.6 is 0 Å². The molecule has 0 fully saturated rings. The molecule has 0 unspecified atom stereocenters. The van der Waals surface area contributed by atoms with E-state index in [2.05, 4.69) is 10.6 Å². The average molecular weight is 370 g/mol. The van der Waals surface area contributed by atoms with Gasteiger partial charge in [0, 0.05) is 19.0 Å². The Morgan fingerprint density at radius 3 is 2.57 bits per heavy atom. The Morgan fingerprint density at radius 2 is 1.79 bits per heavy atom. The molecule has 0 saturated carbocycles. The first kappa shape index (κ1) is 18.0. The number of imidazole rings is 1. The molecule has 4 aromatic rings. The molecule has 0 bridgehead atoms. The van der Waals surface area contributed by atoms with Gasteiger partial charge in [0.25, 0.3) is 0 Å². The number of ketones is 1. The normalized spacial score (nSPS) is 11.0. The number of hydrogen-bond acceptors (Lipinski definition) is 3. The molecule has 0 aliphatic rings. The molecule has 0 saturated heterocycles. The minimum absolute atomic E-state index is 0.0306. The second-order valence-corrected chi connectivity index (χ2v) is 6.94. The number of aryl methyl sites for hydroxylation is 2. The van der Waals surface area contributed by atoms with Gasteiger partial charge in [-0.15, -0.1) is 0 Å². The number of para-hydroxylation sites is 2. The van der Waals surface area contributed by atoms with E-state index in [1.807, 2.05) is 74.6 Å². The van der Waals surface area contributed by atoms with Crippen molar-refractivity contribution in [3.8, 4) is 17.1 Å². The maximum absolute atomic E-state index is 13.0. The maximum Gasteiger partial charge on any atom is 0.170 e. The van der Waals surface area contributed by atoms with E-state index in [9.17, 15) is 4.79 Å². The van der Waals surface area contributed by atoms with Gasteiger partial charge in [0.15, 0.2) is 5.78 Å². The van der Waals surface area contributed by atoms with Crippen LogP contribution in [-0.2, 0) is 13.5 Å². The zero-order chi connectivity index (χ0) is 19.7. The Labute approximate surface area is 164 Å². The average Bonchev–Trinajstić information content (AvgIpc) is 3.05. The quantitative estimate of drug-likeness (QED) is 0.465. The van der Waals surface area contributed by atoms with E-state index < -0.39 is 0 Å². The van der Waals surface area contributed by atoms with Crippen LogP contribution in [0.25, 0.3) is 22.4 Å². The lowest BCUT2D eigenvalue weighted by molar-refractivity contribution is 0.0990. The summed E-state index contributed by atoms with van der Waals surface area (Å²) < 4.78 is 7.50. The fourth-order valence-electron chi connectivity index (χ4n) is 3.58. The Hall–Kier alpha value is -3.40. The number of Topliss-reactive ketones (excluding diaryl/α,β-unsaturated/α-hetero) is 1. The van der Waals surface area contributed by atoms with Crippen molar-refractivity contribution in [2.24, 2.45) is 7.05 Å². The highest BCUT2D eigenvalue weighted by atomic mass is 16.5. The van der Waals surface area contributed by atoms with Crippen molar-refractivity contribution in [2.45, 2.75) is 13.3 Å². The van der Waals surface area contributed by atoms with Gasteiger partial charge in [-0.25, -0.2) is 4.98 Å². The van der Waals surface area contributed by atoms with Crippen LogP contribution in [-0.4, -0.2) is 22.4 Å². The third kappa shape index (κ3) is 3.18. The Bertz CT molecular complexity index is 1170. The van der Waals surface area contributed by atoms with Gasteiger partial charge >= 0.3 is 0 Å². The minimum atomic E-state index is 0.0306. The maximum atomic E-state index is 13.0. The van der Waals surface area contributed by atoms with Crippen LogP contribution in [0.3, 0.4) is 0 Å². The molecule has 0 atom stereocenters. The summed E-state index contributed by atoms with van der Waals surface area (Å²) in [6, 6.07) is 21.7. The van der Waals surface area contributed by atoms with Gasteiger partial charge in [0.2, 0.25) is 0 Å². The lowest BCUT2D eigenvalue weighted by Gasteiger charge is -2.11. The summed E-state index contributed by atoms with van der Waals surface area (Å²) in [5.41, 5.74) is 5.61. The van der Waals surface area contributed by atoms with E-state index in [1.54, 1.807) is 7.11 Å². The van der Waals surface area contributed by atoms with Crippen molar-refractivity contribution >= 4 is 16.8 Å². The number of aromatic nitrogens is 2. The predicted molar refractivity (Wildman–Crippen MR) is 112 cm³/mol. The molecule has 0 N–H and O–H groups in total. The van der Waals surface area contributed by atoms with Crippen LogP contribution in [0.4, 0.5) is 0 Å². The van der Waals surface area contributed by atoms with Crippen molar-refractivity contribution in [1.82, 2.24) is 9.55 Å². The van der Waals surface area contributed by atoms with Crippen LogP contribution in [0.2, 0.25) is 0 Å². The third-order valence-electron chi connectivity index (χ3n) is 5.05. The van der Waals surface area contributed by atoms with E-state index in [4.69, 9.17) is 9.72 Å². The number of hydrogen-bond donors (Lipinski definition) is 0. The number of fused-ring (bicyclic) bond motifs is 1. The Morgan fingerprint density at radius 1 is 1.04 bits per heavy atom. The Kier molecular flexibility index (Phi) is 4.70. The Balaban J connectivity index is 1.74. The molecule has 140 valence electrons. The second-order valence-electron chi connectivity index (χ2n) is 6.94. The molecule has 1 aromatic heterocycles. The van der Waals surface area contributed by atoms with Crippen LogP contribution in [0, 0.1) is 6.92 Å². The van der Waals surface area contributed by atoms with Crippen molar-refractivity contribution < 1.29 is 9.53 Å². The lowest BCUT2D eigenvalue weighted by atomic mass is 9.97. The van der Waals surface area contributed by atoms with Crippen molar-refractivity contribution in [2.75, 3.05) is 7.11 Å². The first-order valence-electron chi connectivity index (χ1n) is 9.26. The number of ether oxygens (including phenoxy) is 1. The molecule has 1 heterocycles. The highest BCUT2D eigenvalue weighted by molar-refractivity contribution is 6.00. The summed E-state index contributed by atoms with van der Waals surface area (Å²) in [5, 5.41) is 0. The molecule has 4 heteroatoms. The number of carbonyl (C=O) groups excluding carboxylic acids is 1. The van der Waals surface area contributed by atoms with Crippen molar-refractivity contribution in [1.29, 1.82) is 0 Å². The molecular formula is C24H22N2O2. The van der Waals surface area contributed by atoms with Gasteiger partial charge in [-0.1, -0.05) is 42.5 Å². The van der Waals surface area contributed by atoms with E-state index in [0.717, 1.165) is 33.5 Å². The van der Waals surface area contributed by atoms with E-state index in [1.165, 1.54) is 0 Å². The summed E-state index contributed by atoms with van der Waals surface area (Å²) >= 11 is 0. The zero-order valence-corrected chi connectivity index (χ0v) is 16.3. The first-order valence-corrected chi connectivity index (χ1v) is 9.26. The molecule has 0 spiro atoms. The predicted octanol–water partition coefficient (Wildman–Crippen LogP) is 4.98. The second kappa shape index (κ2) is 7.31. The molecule has 0 aliphatic carbocycles. The highest BCUT2D eigenvalue weighted by Gasteiger charge is 2.18. The summed E-state index contributed by atoms with van der Waals surface area (Å²) in [5.74, 6) is 1.51. The van der Waals surface area contributed by atoms with Gasteiger partial charge in [-0.2, -0.15) is 0 Å². The number of carbonyl (C=O) groups is 1. The summed E-state index contributed by atoms with van der Waals surface area (Å²) in [4.78, 5) is 17.8. The van der Waals surface area contributed by atoms with E-state index >= 15 is 0 Å². The fourth-order valence-corrected chi connectivity index (χ4v) is 3.58. The molecule has 4 nitrogen and oxygen atoms in total. The van der Waals surface area contributed by atoms with Gasteiger partial charge in [-0.3, -0.25) is 4.79 Å². The monoisotopic (exact) mass is 370 g/mol. The highest BCUT2D eigenvalue weighted by Crippen LogP contribution is 2.28.